The fraction of sp³-hybridized carbons (Fsp3) is 0.320. The molecule has 35 heavy (non-hydrogen) atoms. The Kier molecular flexibility index (Phi) is 8.41. The van der Waals surface area contributed by atoms with Crippen molar-refractivity contribution in [3.63, 3.8) is 0 Å². The van der Waals surface area contributed by atoms with Gasteiger partial charge < -0.3 is 14.4 Å². The van der Waals surface area contributed by atoms with Crippen LogP contribution in [0, 0.1) is 0 Å². The Hall–Kier alpha value is -2.49. The Labute approximate surface area is 221 Å². The molecule has 2 aliphatic heterocycles. The monoisotopic (exact) mass is 578 g/mol. The van der Waals surface area contributed by atoms with Crippen molar-refractivity contribution >= 4 is 62.4 Å². The van der Waals surface area contributed by atoms with Gasteiger partial charge in [0.2, 0.25) is 5.91 Å². The van der Waals surface area contributed by atoms with E-state index < -0.39 is 11.1 Å². The lowest BCUT2D eigenvalue weighted by molar-refractivity contribution is -0.136. The number of amides is 3. The summed E-state index contributed by atoms with van der Waals surface area (Å²) in [4.78, 5) is 40.9. The summed E-state index contributed by atoms with van der Waals surface area (Å²) in [6, 6.07) is 10.9. The Balaban J connectivity index is 1.49. The van der Waals surface area contributed by atoms with Gasteiger partial charge in [-0.2, -0.15) is 0 Å². The maximum absolute atomic E-state index is 12.9. The number of halogens is 2. The maximum atomic E-state index is 12.9. The number of ether oxygens (including phenoxy) is 2. The molecule has 0 spiro atoms. The van der Waals surface area contributed by atoms with E-state index in [1.165, 1.54) is 7.11 Å². The maximum Gasteiger partial charge on any atom is 0.294 e. The highest BCUT2D eigenvalue weighted by Crippen LogP contribution is 2.39. The lowest BCUT2D eigenvalue weighted by atomic mass is 10.1. The number of nitrogens with zero attached hydrogens (tertiary/aromatic N) is 2. The number of carbonyl (C=O) groups is 3. The molecule has 2 heterocycles. The molecule has 0 unspecified atom stereocenters. The second-order valence-electron chi connectivity index (χ2n) is 8.12. The summed E-state index contributed by atoms with van der Waals surface area (Å²) in [7, 11) is 1.52. The van der Waals surface area contributed by atoms with Gasteiger partial charge >= 0.3 is 0 Å². The van der Waals surface area contributed by atoms with E-state index >= 15 is 0 Å². The molecular formula is C25H24BrClN2O5S. The summed E-state index contributed by atoms with van der Waals surface area (Å²) in [5.74, 6) is 0.277. The van der Waals surface area contributed by atoms with E-state index in [-0.39, 0.29) is 24.0 Å². The van der Waals surface area contributed by atoms with Crippen LogP contribution in [0.25, 0.3) is 6.08 Å². The van der Waals surface area contributed by atoms with E-state index in [1.807, 2.05) is 18.2 Å². The van der Waals surface area contributed by atoms with Crippen LogP contribution in [0.4, 0.5) is 4.79 Å². The molecular weight excluding hydrogens is 556 g/mol. The average molecular weight is 580 g/mol. The van der Waals surface area contributed by atoms with Crippen LogP contribution >= 0.6 is 39.3 Å². The molecule has 2 saturated heterocycles. The molecule has 0 saturated carbocycles. The predicted octanol–water partition coefficient (Wildman–Crippen LogP) is 5.74. The molecule has 2 aromatic rings. The third kappa shape index (κ3) is 6.02. The second kappa shape index (κ2) is 11.5. The van der Waals surface area contributed by atoms with E-state index in [4.69, 9.17) is 21.1 Å². The van der Waals surface area contributed by atoms with Crippen molar-refractivity contribution in [2.45, 2.75) is 25.9 Å². The molecule has 10 heteroatoms. The quantitative estimate of drug-likeness (QED) is 0.390. The summed E-state index contributed by atoms with van der Waals surface area (Å²) in [6.45, 7) is 1.36. The van der Waals surface area contributed by atoms with E-state index in [2.05, 4.69) is 15.9 Å². The highest BCUT2D eigenvalue weighted by molar-refractivity contribution is 9.10. The van der Waals surface area contributed by atoms with Crippen molar-refractivity contribution in [1.82, 2.24) is 9.80 Å². The van der Waals surface area contributed by atoms with Crippen molar-refractivity contribution < 1.29 is 23.9 Å². The molecule has 0 aromatic heterocycles. The minimum Gasteiger partial charge on any atom is -0.493 e. The van der Waals surface area contributed by atoms with E-state index in [9.17, 15) is 14.4 Å². The van der Waals surface area contributed by atoms with Crippen LogP contribution in [-0.2, 0) is 16.2 Å². The first-order valence-corrected chi connectivity index (χ1v) is 13.1. The predicted molar refractivity (Wildman–Crippen MR) is 140 cm³/mol. The van der Waals surface area contributed by atoms with Gasteiger partial charge in [0.15, 0.2) is 11.5 Å². The highest BCUT2D eigenvalue weighted by Gasteiger charge is 2.37. The molecule has 0 bridgehead atoms. The second-order valence-corrected chi connectivity index (χ2v) is 10.4. The normalized spacial score (nSPS) is 17.3. The zero-order valence-electron chi connectivity index (χ0n) is 19.1. The first-order valence-electron chi connectivity index (χ1n) is 11.1. The summed E-state index contributed by atoms with van der Waals surface area (Å²) in [5.41, 5.74) is 1.48. The Morgan fingerprint density at radius 3 is 2.63 bits per heavy atom. The number of piperidine rings is 1. The summed E-state index contributed by atoms with van der Waals surface area (Å²) in [6.07, 6.45) is 4.60. The van der Waals surface area contributed by atoms with Crippen molar-refractivity contribution in [2.24, 2.45) is 0 Å². The van der Waals surface area contributed by atoms with E-state index in [0.29, 0.717) is 39.6 Å². The van der Waals surface area contributed by atoms with Gasteiger partial charge in [0.05, 0.1) is 16.5 Å². The molecule has 2 aromatic carbocycles. The molecule has 0 N–H and O–H groups in total. The van der Waals surface area contributed by atoms with Crippen molar-refractivity contribution in [3.05, 3.63) is 61.9 Å². The first-order chi connectivity index (χ1) is 16.9. The van der Waals surface area contributed by atoms with Crippen LogP contribution in [0.15, 0.2) is 45.8 Å². The molecule has 0 radical (unpaired) electrons. The molecule has 4 rings (SSSR count). The van der Waals surface area contributed by atoms with Crippen molar-refractivity contribution in [3.8, 4) is 11.5 Å². The molecule has 3 amide bonds. The molecule has 7 nitrogen and oxygen atoms in total. The zero-order valence-corrected chi connectivity index (χ0v) is 22.2. The average Bonchev–Trinajstić information content (AvgIpc) is 3.11. The Bertz CT molecular complexity index is 1180. The number of methoxy groups -OCH3 is 1. The summed E-state index contributed by atoms with van der Waals surface area (Å²) in [5, 5.41) is 0.158. The summed E-state index contributed by atoms with van der Waals surface area (Å²) < 4.78 is 12.1. The number of hydrogen-bond donors (Lipinski definition) is 0. The third-order valence-corrected chi connectivity index (χ3v) is 7.62. The van der Waals surface area contributed by atoms with Crippen LogP contribution < -0.4 is 9.47 Å². The first kappa shape index (κ1) is 25.6. The number of benzene rings is 2. The van der Waals surface area contributed by atoms with Gasteiger partial charge in [0.25, 0.3) is 11.1 Å². The van der Waals surface area contributed by atoms with Crippen LogP contribution in [0.2, 0.25) is 5.02 Å². The van der Waals surface area contributed by atoms with Crippen LogP contribution in [0.1, 0.15) is 30.4 Å². The largest absolute Gasteiger partial charge is 0.493 e. The number of likely N-dealkylation sites (tertiary alicyclic amines) is 1. The van der Waals surface area contributed by atoms with Gasteiger partial charge in [-0.25, -0.2) is 0 Å². The smallest absolute Gasteiger partial charge is 0.294 e. The Morgan fingerprint density at radius 2 is 1.91 bits per heavy atom. The van der Waals surface area contributed by atoms with E-state index in [1.54, 1.807) is 29.2 Å². The van der Waals surface area contributed by atoms with E-state index in [0.717, 1.165) is 41.5 Å². The number of carbonyl (C=O) groups excluding carboxylic acids is 3. The number of rotatable bonds is 7. The molecule has 0 aliphatic carbocycles. The SMILES string of the molecule is COc1cc(/C=C2/SC(=O)N(CC(=O)N3CCCCC3)C2=O)cc(Br)c1OCc1ccccc1Cl. The third-order valence-electron chi connectivity index (χ3n) is 5.76. The lowest BCUT2D eigenvalue weighted by Gasteiger charge is -2.27. The fourth-order valence-electron chi connectivity index (χ4n) is 3.89. The topological polar surface area (TPSA) is 76.2 Å². The molecule has 184 valence electrons. The standard InChI is InChI=1S/C25H24BrClN2O5S/c1-33-20-12-16(11-18(26)23(20)34-15-17-7-3-4-8-19(17)27)13-21-24(31)29(25(32)35-21)14-22(30)28-9-5-2-6-10-28/h3-4,7-8,11-13H,2,5-6,9-10,14-15H2,1H3/b21-13+. The van der Waals surface area contributed by atoms with Gasteiger partial charge in [-0.05, 0) is 76.8 Å². The molecule has 2 aliphatic rings. The number of hydrogen-bond acceptors (Lipinski definition) is 6. The number of imide groups is 1. The molecule has 2 fully saturated rings. The number of thioether (sulfide) groups is 1. The fourth-order valence-corrected chi connectivity index (χ4v) is 5.50. The highest BCUT2D eigenvalue weighted by atomic mass is 79.9. The zero-order chi connectivity index (χ0) is 24.9. The van der Waals surface area contributed by atoms with Crippen LogP contribution in [0.3, 0.4) is 0 Å². The van der Waals surface area contributed by atoms with Gasteiger partial charge in [0.1, 0.15) is 13.2 Å². The lowest BCUT2D eigenvalue weighted by Crippen LogP contribution is -2.44. The van der Waals surface area contributed by atoms with Gasteiger partial charge in [0, 0.05) is 23.7 Å². The minimum atomic E-state index is -0.473. The van der Waals surface area contributed by atoms with Crippen LogP contribution in [-0.4, -0.2) is 53.6 Å². The minimum absolute atomic E-state index is 0.197. The van der Waals surface area contributed by atoms with Crippen molar-refractivity contribution in [2.75, 3.05) is 26.7 Å². The van der Waals surface area contributed by atoms with Gasteiger partial charge in [-0.3, -0.25) is 19.3 Å². The van der Waals surface area contributed by atoms with Crippen molar-refractivity contribution in [1.29, 1.82) is 0 Å². The van der Waals surface area contributed by atoms with Crippen LogP contribution in [0.5, 0.6) is 11.5 Å². The van der Waals surface area contributed by atoms with Gasteiger partial charge in [-0.15, -0.1) is 0 Å². The van der Waals surface area contributed by atoms with Gasteiger partial charge in [-0.1, -0.05) is 29.8 Å². The Morgan fingerprint density at radius 1 is 1.17 bits per heavy atom. The summed E-state index contributed by atoms with van der Waals surface area (Å²) >= 11 is 10.5. The molecule has 0 atom stereocenters.